The number of nitrogens with two attached hydrogens (primary N) is 1. The number of carbonyl (C=O) groups is 3. The van der Waals surface area contributed by atoms with Gasteiger partial charge in [0.1, 0.15) is 0 Å². The molecule has 0 aromatic heterocycles. The molecule has 2 atom stereocenters. The Balaban J connectivity index is 2.17. The Morgan fingerprint density at radius 2 is 1.74 bits per heavy atom. The molecule has 9 heteroatoms. The summed E-state index contributed by atoms with van der Waals surface area (Å²) in [6.45, 7) is 0. The molecule has 164 valence electrons. The zero-order chi connectivity index (χ0) is 22.8. The topological polar surface area (TPSA) is 137 Å². The third-order valence-corrected chi connectivity index (χ3v) is 4.70. The number of nitrogens with zero attached hydrogens (tertiary/aromatic N) is 1. The van der Waals surface area contributed by atoms with Gasteiger partial charge in [0.05, 0.1) is 13.2 Å². The molecule has 0 spiro atoms. The lowest BCUT2D eigenvalue weighted by Gasteiger charge is -2.25. The van der Waals surface area contributed by atoms with Gasteiger partial charge < -0.3 is 20.5 Å². The molecule has 3 N–H and O–H groups in total. The number of nitrogen functional groups attached to an aromatic ring is 1. The predicted molar refractivity (Wildman–Crippen MR) is 115 cm³/mol. The van der Waals surface area contributed by atoms with Crippen molar-refractivity contribution in [2.24, 2.45) is 5.18 Å². The number of rotatable bonds is 10. The van der Waals surface area contributed by atoms with Crippen molar-refractivity contribution < 1.29 is 23.9 Å². The quantitative estimate of drug-likeness (QED) is 0.337. The lowest BCUT2D eigenvalue weighted by molar-refractivity contribution is -0.154. The van der Waals surface area contributed by atoms with Gasteiger partial charge in [-0.05, 0) is 35.2 Å². The van der Waals surface area contributed by atoms with Crippen LogP contribution < -0.4 is 11.1 Å². The van der Waals surface area contributed by atoms with Crippen LogP contribution in [0.5, 0.6) is 0 Å². The van der Waals surface area contributed by atoms with Crippen LogP contribution in [0, 0.1) is 4.91 Å². The van der Waals surface area contributed by atoms with Gasteiger partial charge in [0.15, 0.2) is 6.10 Å². The molecule has 0 aliphatic carbocycles. The second-order valence-electron chi connectivity index (χ2n) is 6.87. The van der Waals surface area contributed by atoms with Crippen LogP contribution in [0.15, 0.2) is 53.7 Å². The molecule has 0 saturated heterocycles. The Labute approximate surface area is 179 Å². The maximum atomic E-state index is 12.2. The molecule has 0 aliphatic rings. The number of carbonyl (C=O) groups excluding carboxylic acids is 3. The minimum atomic E-state index is -1.05. The number of hydrogen-bond acceptors (Lipinski definition) is 7. The highest BCUT2D eigenvalue weighted by Gasteiger charge is 2.30. The van der Waals surface area contributed by atoms with Crippen molar-refractivity contribution in [1.29, 1.82) is 0 Å². The maximum absolute atomic E-state index is 12.2. The number of amides is 2. The minimum Gasteiger partial charge on any atom is -0.467 e. The van der Waals surface area contributed by atoms with E-state index in [9.17, 15) is 19.3 Å². The largest absolute Gasteiger partial charge is 0.467 e. The van der Waals surface area contributed by atoms with Gasteiger partial charge in [-0.15, -0.1) is 4.91 Å². The molecule has 2 aromatic rings. The van der Waals surface area contributed by atoms with Gasteiger partial charge in [0.25, 0.3) is 5.91 Å². The SMILES string of the molecule is COC(=O)[C@H](OC)C(Cc1ccc(-c2cccc(N)c2)cc1)NC(=O)CCC(=O)N=O. The predicted octanol–water partition coefficient (Wildman–Crippen LogP) is 2.22. The van der Waals surface area contributed by atoms with Crippen LogP contribution in [-0.4, -0.2) is 44.1 Å². The number of anilines is 1. The second kappa shape index (κ2) is 11.6. The maximum Gasteiger partial charge on any atom is 0.337 e. The van der Waals surface area contributed by atoms with E-state index in [-0.39, 0.29) is 19.3 Å². The first kappa shape index (κ1) is 23.7. The van der Waals surface area contributed by atoms with Gasteiger partial charge in [0.2, 0.25) is 5.91 Å². The first-order valence-corrected chi connectivity index (χ1v) is 9.59. The van der Waals surface area contributed by atoms with Crippen LogP contribution in [0.3, 0.4) is 0 Å². The van der Waals surface area contributed by atoms with Crippen LogP contribution >= 0.6 is 0 Å². The van der Waals surface area contributed by atoms with Crippen molar-refractivity contribution in [3.63, 3.8) is 0 Å². The molecular weight excluding hydrogens is 402 g/mol. The fourth-order valence-electron chi connectivity index (χ4n) is 3.13. The molecule has 9 nitrogen and oxygen atoms in total. The molecule has 0 fully saturated rings. The van der Waals surface area contributed by atoms with Gasteiger partial charge in [-0.3, -0.25) is 9.59 Å². The van der Waals surface area contributed by atoms with E-state index in [2.05, 4.69) is 10.5 Å². The van der Waals surface area contributed by atoms with Gasteiger partial charge in [-0.1, -0.05) is 36.4 Å². The molecule has 2 aromatic carbocycles. The van der Waals surface area contributed by atoms with Crippen molar-refractivity contribution in [1.82, 2.24) is 5.32 Å². The van der Waals surface area contributed by atoms with E-state index in [1.54, 1.807) is 0 Å². The average molecular weight is 427 g/mol. The fourth-order valence-corrected chi connectivity index (χ4v) is 3.13. The first-order chi connectivity index (χ1) is 14.9. The summed E-state index contributed by atoms with van der Waals surface area (Å²) >= 11 is 0. The smallest absolute Gasteiger partial charge is 0.337 e. The van der Waals surface area contributed by atoms with E-state index >= 15 is 0 Å². The molecule has 0 heterocycles. The van der Waals surface area contributed by atoms with Crippen molar-refractivity contribution in [2.75, 3.05) is 20.0 Å². The Bertz CT molecular complexity index is 929. The molecule has 0 bridgehead atoms. The van der Waals surface area contributed by atoms with Gasteiger partial charge in [-0.25, -0.2) is 4.79 Å². The van der Waals surface area contributed by atoms with E-state index in [1.165, 1.54) is 14.2 Å². The number of ether oxygens (including phenoxy) is 2. The summed E-state index contributed by atoms with van der Waals surface area (Å²) in [5.74, 6) is -2.07. The highest BCUT2D eigenvalue weighted by Crippen LogP contribution is 2.22. The van der Waals surface area contributed by atoms with Crippen molar-refractivity contribution >= 4 is 23.5 Å². The normalized spacial score (nSPS) is 12.5. The number of hydrogen-bond donors (Lipinski definition) is 2. The van der Waals surface area contributed by atoms with Crippen LogP contribution in [0.25, 0.3) is 11.1 Å². The summed E-state index contributed by atoms with van der Waals surface area (Å²) in [6, 6.07) is 14.3. The van der Waals surface area contributed by atoms with Crippen LogP contribution in [-0.2, 0) is 30.3 Å². The molecule has 1 unspecified atom stereocenters. The van der Waals surface area contributed by atoms with E-state index in [1.807, 2.05) is 48.5 Å². The zero-order valence-corrected chi connectivity index (χ0v) is 17.4. The molecule has 0 saturated carbocycles. The van der Waals surface area contributed by atoms with E-state index in [0.29, 0.717) is 5.69 Å². The Morgan fingerprint density at radius 3 is 2.32 bits per heavy atom. The van der Waals surface area contributed by atoms with Gasteiger partial charge in [-0.2, -0.15) is 0 Å². The van der Waals surface area contributed by atoms with Gasteiger partial charge in [0, 0.05) is 30.8 Å². The lowest BCUT2D eigenvalue weighted by Crippen LogP contribution is -2.49. The van der Waals surface area contributed by atoms with Crippen LogP contribution in [0.4, 0.5) is 5.69 Å². The van der Waals surface area contributed by atoms with E-state index in [0.717, 1.165) is 16.7 Å². The highest BCUT2D eigenvalue weighted by molar-refractivity contribution is 5.85. The third kappa shape index (κ3) is 7.00. The first-order valence-electron chi connectivity index (χ1n) is 9.59. The third-order valence-electron chi connectivity index (χ3n) is 4.70. The summed E-state index contributed by atoms with van der Waals surface area (Å²) in [4.78, 5) is 45.6. The van der Waals surface area contributed by atoms with E-state index < -0.39 is 29.9 Å². The summed E-state index contributed by atoms with van der Waals surface area (Å²) in [5.41, 5.74) is 9.27. The fraction of sp³-hybridized carbons (Fsp3) is 0.318. The molecule has 2 amide bonds. The van der Waals surface area contributed by atoms with Crippen molar-refractivity contribution in [3.8, 4) is 11.1 Å². The number of benzene rings is 2. The Kier molecular flexibility index (Phi) is 8.83. The molecule has 31 heavy (non-hydrogen) atoms. The van der Waals surface area contributed by atoms with Crippen LogP contribution in [0.1, 0.15) is 18.4 Å². The molecule has 2 rings (SSSR count). The summed E-state index contributed by atoms with van der Waals surface area (Å²) in [5, 5.41) is 4.95. The highest BCUT2D eigenvalue weighted by atomic mass is 16.6. The monoisotopic (exact) mass is 427 g/mol. The van der Waals surface area contributed by atoms with Gasteiger partial charge >= 0.3 is 5.97 Å². The number of nitroso groups, excluding NO2 is 1. The summed E-state index contributed by atoms with van der Waals surface area (Å²) in [7, 11) is 2.56. The molecular formula is C22H25N3O6. The molecule has 0 radical (unpaired) electrons. The van der Waals surface area contributed by atoms with Crippen molar-refractivity contribution in [3.05, 3.63) is 59.0 Å². The number of esters is 1. The minimum absolute atomic E-state index is 0.229. The lowest BCUT2D eigenvalue weighted by atomic mass is 9.97. The van der Waals surface area contributed by atoms with Crippen molar-refractivity contribution in [2.45, 2.75) is 31.4 Å². The Hall–Kier alpha value is -3.59. The zero-order valence-electron chi connectivity index (χ0n) is 17.4. The second-order valence-corrected chi connectivity index (χ2v) is 6.87. The van der Waals surface area contributed by atoms with Crippen LogP contribution in [0.2, 0.25) is 0 Å². The summed E-state index contributed by atoms with van der Waals surface area (Å²) in [6.07, 6.45) is -1.32. The number of nitrogens with one attached hydrogen (secondary N) is 1. The Morgan fingerprint density at radius 1 is 1.03 bits per heavy atom. The average Bonchev–Trinajstić information content (AvgIpc) is 2.78. The standard InChI is InChI=1S/C22H25N3O6/c1-30-21(22(28)31-2)18(24-19(26)10-11-20(27)25-29)12-14-6-8-15(9-7-14)16-4-3-5-17(23)13-16/h3-9,13,18,21H,10-12,23H2,1-2H3,(H,24,26)/t18?,21-/m1/s1. The van der Waals surface area contributed by atoms with E-state index in [4.69, 9.17) is 15.2 Å². The number of methoxy groups -OCH3 is 2. The summed E-state index contributed by atoms with van der Waals surface area (Å²) < 4.78 is 10.0. The molecule has 0 aliphatic heterocycles.